The topological polar surface area (TPSA) is 121 Å². The zero-order valence-corrected chi connectivity index (χ0v) is 17.8. The molecule has 0 spiro atoms. The van der Waals surface area contributed by atoms with Gasteiger partial charge in [-0.05, 0) is 60.7 Å². The van der Waals surface area contributed by atoms with Crippen molar-refractivity contribution < 1.29 is 22.7 Å². The maximum Gasteiger partial charge on any atom is 0.261 e. The second-order valence-electron chi connectivity index (χ2n) is 6.94. The number of nitrogens with one attached hydrogen (secondary N) is 2. The Balaban J connectivity index is 1.41. The molecule has 0 fully saturated rings. The SMILES string of the molecule is O=C(Nc1cnc(-c2cccc(O)c2)nc1)c1ccc(NS(=O)(=O)c2ccc(F)cc2)cc1. The predicted molar refractivity (Wildman–Crippen MR) is 121 cm³/mol. The van der Waals surface area contributed by atoms with Gasteiger partial charge < -0.3 is 10.4 Å². The van der Waals surface area contributed by atoms with Crippen LogP contribution in [0, 0.1) is 5.82 Å². The summed E-state index contributed by atoms with van der Waals surface area (Å²) in [4.78, 5) is 20.8. The number of nitrogens with zero attached hydrogens (tertiary/aromatic N) is 2. The minimum atomic E-state index is -3.89. The predicted octanol–water partition coefficient (Wildman–Crippen LogP) is 4.04. The van der Waals surface area contributed by atoms with Crippen molar-refractivity contribution >= 4 is 27.3 Å². The highest BCUT2D eigenvalue weighted by Crippen LogP contribution is 2.21. The Labute approximate surface area is 188 Å². The van der Waals surface area contributed by atoms with Gasteiger partial charge in [-0.3, -0.25) is 9.52 Å². The Morgan fingerprint density at radius 3 is 2.18 bits per heavy atom. The van der Waals surface area contributed by atoms with Crippen molar-refractivity contribution in [2.24, 2.45) is 0 Å². The summed E-state index contributed by atoms with van der Waals surface area (Å²) in [6.45, 7) is 0. The van der Waals surface area contributed by atoms with E-state index >= 15 is 0 Å². The van der Waals surface area contributed by atoms with Gasteiger partial charge in [-0.15, -0.1) is 0 Å². The van der Waals surface area contributed by atoms with Gasteiger partial charge in [0, 0.05) is 16.8 Å². The number of carbonyl (C=O) groups is 1. The monoisotopic (exact) mass is 464 g/mol. The highest BCUT2D eigenvalue weighted by Gasteiger charge is 2.15. The first-order chi connectivity index (χ1) is 15.8. The van der Waals surface area contributed by atoms with E-state index in [1.807, 2.05) is 0 Å². The summed E-state index contributed by atoms with van der Waals surface area (Å²) >= 11 is 0. The number of halogens is 1. The fourth-order valence-electron chi connectivity index (χ4n) is 2.91. The van der Waals surface area contributed by atoms with Crippen LogP contribution in [0.1, 0.15) is 10.4 Å². The fourth-order valence-corrected chi connectivity index (χ4v) is 3.97. The van der Waals surface area contributed by atoms with Gasteiger partial charge >= 0.3 is 0 Å². The van der Waals surface area contributed by atoms with Gasteiger partial charge in [0.25, 0.3) is 15.9 Å². The van der Waals surface area contributed by atoms with Crippen LogP contribution in [0.15, 0.2) is 90.1 Å². The Morgan fingerprint density at radius 2 is 1.55 bits per heavy atom. The summed E-state index contributed by atoms with van der Waals surface area (Å²) in [6, 6.07) is 16.7. The molecule has 4 aromatic rings. The number of phenols is 1. The van der Waals surface area contributed by atoms with E-state index in [-0.39, 0.29) is 21.9 Å². The third kappa shape index (κ3) is 5.31. The van der Waals surface area contributed by atoms with E-state index in [4.69, 9.17) is 0 Å². The smallest absolute Gasteiger partial charge is 0.261 e. The number of hydrogen-bond donors (Lipinski definition) is 3. The molecule has 0 bridgehead atoms. The molecule has 1 amide bonds. The normalized spacial score (nSPS) is 11.1. The van der Waals surface area contributed by atoms with Crippen LogP contribution in [-0.2, 0) is 10.0 Å². The molecule has 8 nitrogen and oxygen atoms in total. The number of aromatic hydroxyl groups is 1. The number of hydrogen-bond acceptors (Lipinski definition) is 6. The molecule has 3 N–H and O–H groups in total. The van der Waals surface area contributed by atoms with Crippen molar-refractivity contribution in [2.45, 2.75) is 4.90 Å². The van der Waals surface area contributed by atoms with Crippen molar-refractivity contribution in [2.75, 3.05) is 10.0 Å². The number of sulfonamides is 1. The van der Waals surface area contributed by atoms with Crippen molar-refractivity contribution in [1.82, 2.24) is 9.97 Å². The Bertz CT molecular complexity index is 1390. The molecular weight excluding hydrogens is 447 g/mol. The van der Waals surface area contributed by atoms with Crippen LogP contribution in [0.5, 0.6) is 5.75 Å². The maximum absolute atomic E-state index is 13.0. The van der Waals surface area contributed by atoms with E-state index in [9.17, 15) is 22.7 Å². The minimum absolute atomic E-state index is 0.0834. The average Bonchev–Trinajstić information content (AvgIpc) is 2.80. The number of anilines is 2. The lowest BCUT2D eigenvalue weighted by Gasteiger charge is -2.09. The maximum atomic E-state index is 13.0. The van der Waals surface area contributed by atoms with Gasteiger partial charge in [0.2, 0.25) is 0 Å². The molecule has 1 aromatic heterocycles. The third-order valence-corrected chi connectivity index (χ3v) is 5.93. The first kappa shape index (κ1) is 21.9. The molecule has 33 heavy (non-hydrogen) atoms. The van der Waals surface area contributed by atoms with E-state index < -0.39 is 21.7 Å². The molecule has 0 aliphatic carbocycles. The van der Waals surface area contributed by atoms with Crippen LogP contribution < -0.4 is 10.0 Å². The van der Waals surface area contributed by atoms with Crippen molar-refractivity contribution in [3.05, 3.63) is 96.6 Å². The van der Waals surface area contributed by atoms with Crippen LogP contribution in [0.3, 0.4) is 0 Å². The number of rotatable bonds is 6. The highest BCUT2D eigenvalue weighted by atomic mass is 32.2. The van der Waals surface area contributed by atoms with E-state index in [0.717, 1.165) is 24.3 Å². The van der Waals surface area contributed by atoms with Crippen LogP contribution in [0.2, 0.25) is 0 Å². The van der Waals surface area contributed by atoms with Gasteiger partial charge in [-0.25, -0.2) is 22.8 Å². The second kappa shape index (κ2) is 9.05. The molecule has 166 valence electrons. The molecule has 10 heteroatoms. The third-order valence-electron chi connectivity index (χ3n) is 4.54. The number of aromatic nitrogens is 2. The second-order valence-corrected chi connectivity index (χ2v) is 8.62. The van der Waals surface area contributed by atoms with E-state index in [2.05, 4.69) is 20.0 Å². The number of phenolic OH excluding ortho intramolecular Hbond substituents is 1. The molecule has 1 heterocycles. The zero-order chi connectivity index (χ0) is 23.4. The standard InChI is InChI=1S/C23H17FN4O4S/c24-17-6-10-21(11-7-17)33(31,32)28-18-8-4-15(5-9-18)23(30)27-19-13-25-22(26-14-19)16-2-1-3-20(29)12-16/h1-14,28-29H,(H,27,30). The van der Waals surface area contributed by atoms with E-state index in [1.54, 1.807) is 12.1 Å². The largest absolute Gasteiger partial charge is 0.508 e. The van der Waals surface area contributed by atoms with Gasteiger partial charge in [0.15, 0.2) is 5.82 Å². The molecule has 0 radical (unpaired) electrons. The van der Waals surface area contributed by atoms with E-state index in [0.29, 0.717) is 17.1 Å². The van der Waals surface area contributed by atoms with Gasteiger partial charge in [-0.2, -0.15) is 0 Å². The van der Waals surface area contributed by atoms with Crippen LogP contribution in [0.25, 0.3) is 11.4 Å². The summed E-state index contributed by atoms with van der Waals surface area (Å²) in [5, 5.41) is 12.2. The summed E-state index contributed by atoms with van der Waals surface area (Å²) in [7, 11) is -3.89. The van der Waals surface area contributed by atoms with E-state index in [1.165, 1.54) is 48.8 Å². The summed E-state index contributed by atoms with van der Waals surface area (Å²) in [6.07, 6.45) is 2.88. The van der Waals surface area contributed by atoms with Crippen LogP contribution in [0.4, 0.5) is 15.8 Å². The molecule has 0 unspecified atom stereocenters. The average molecular weight is 464 g/mol. The number of carbonyl (C=O) groups excluding carboxylic acids is 1. The van der Waals surface area contributed by atoms with Crippen molar-refractivity contribution in [3.63, 3.8) is 0 Å². The van der Waals surface area contributed by atoms with Gasteiger partial charge in [-0.1, -0.05) is 12.1 Å². The Morgan fingerprint density at radius 1 is 0.879 bits per heavy atom. The molecule has 3 aromatic carbocycles. The number of benzene rings is 3. The summed E-state index contributed by atoms with van der Waals surface area (Å²) in [5.74, 6) is -0.487. The highest BCUT2D eigenvalue weighted by molar-refractivity contribution is 7.92. The molecule has 0 atom stereocenters. The minimum Gasteiger partial charge on any atom is -0.508 e. The van der Waals surface area contributed by atoms with Crippen LogP contribution >= 0.6 is 0 Å². The first-order valence-corrected chi connectivity index (χ1v) is 11.1. The Hall–Kier alpha value is -4.31. The Kier molecular flexibility index (Phi) is 6.01. The first-order valence-electron chi connectivity index (χ1n) is 9.61. The lowest BCUT2D eigenvalue weighted by molar-refractivity contribution is 0.102. The molecule has 0 aliphatic heterocycles. The molecule has 0 saturated heterocycles. The molecule has 0 saturated carbocycles. The summed E-state index contributed by atoms with van der Waals surface area (Å²) < 4.78 is 40.2. The molecule has 0 aliphatic rings. The van der Waals surface area contributed by atoms with Crippen LogP contribution in [-0.4, -0.2) is 29.4 Å². The van der Waals surface area contributed by atoms with Crippen molar-refractivity contribution in [3.8, 4) is 17.1 Å². The summed E-state index contributed by atoms with van der Waals surface area (Å²) in [5.41, 5.74) is 1.53. The quantitative estimate of drug-likeness (QED) is 0.396. The fraction of sp³-hybridized carbons (Fsp3) is 0. The van der Waals surface area contributed by atoms with Crippen molar-refractivity contribution in [1.29, 1.82) is 0 Å². The number of amides is 1. The molecule has 4 rings (SSSR count). The molecular formula is C23H17FN4O4S. The lowest BCUT2D eigenvalue weighted by atomic mass is 10.2. The lowest BCUT2D eigenvalue weighted by Crippen LogP contribution is -2.14. The zero-order valence-electron chi connectivity index (χ0n) is 16.9. The van der Waals surface area contributed by atoms with Gasteiger partial charge in [0.05, 0.1) is 23.0 Å². The van der Waals surface area contributed by atoms with Gasteiger partial charge in [0.1, 0.15) is 11.6 Å².